The summed E-state index contributed by atoms with van der Waals surface area (Å²) in [7, 11) is 0. The Morgan fingerprint density at radius 3 is 2.75 bits per heavy atom. The molecule has 1 fully saturated rings. The van der Waals surface area contributed by atoms with Crippen LogP contribution in [0.25, 0.3) is 0 Å². The van der Waals surface area contributed by atoms with Gasteiger partial charge in [-0.1, -0.05) is 6.58 Å². The molecule has 0 saturated heterocycles. The van der Waals surface area contributed by atoms with Gasteiger partial charge in [0.15, 0.2) is 5.69 Å². The van der Waals surface area contributed by atoms with Gasteiger partial charge in [0, 0.05) is 11.6 Å². The van der Waals surface area contributed by atoms with Crippen molar-refractivity contribution in [2.75, 3.05) is 13.2 Å². The molecular formula is C15H22N2O3. The standard InChI is InChI=1S/C15H22N2O3/c1-5-19-8-9-20-14(18)12-10-13(11-6-7-11)17(16-12)15(2,3)4/h5,10-11H,1,6-9H2,2-4H3. The Morgan fingerprint density at radius 2 is 2.20 bits per heavy atom. The number of hydrogen-bond donors (Lipinski definition) is 0. The lowest BCUT2D eigenvalue weighted by atomic mass is 10.1. The molecule has 0 radical (unpaired) electrons. The Labute approximate surface area is 119 Å². The Kier molecular flexibility index (Phi) is 4.16. The molecule has 1 aromatic rings. The van der Waals surface area contributed by atoms with Crippen LogP contribution in [0.3, 0.4) is 0 Å². The van der Waals surface area contributed by atoms with Gasteiger partial charge in [0.1, 0.15) is 13.2 Å². The Balaban J connectivity index is 2.08. The van der Waals surface area contributed by atoms with E-state index < -0.39 is 5.97 Å². The van der Waals surface area contributed by atoms with E-state index in [0.717, 1.165) is 5.69 Å². The predicted octanol–water partition coefficient (Wildman–Crippen LogP) is 2.83. The maximum absolute atomic E-state index is 12.0. The highest BCUT2D eigenvalue weighted by Gasteiger charge is 2.32. The summed E-state index contributed by atoms with van der Waals surface area (Å²) >= 11 is 0. The van der Waals surface area contributed by atoms with E-state index in [1.54, 1.807) is 0 Å². The van der Waals surface area contributed by atoms with Crippen molar-refractivity contribution in [1.29, 1.82) is 0 Å². The molecule has 2 rings (SSSR count). The molecule has 20 heavy (non-hydrogen) atoms. The van der Waals surface area contributed by atoms with Gasteiger partial charge in [0.05, 0.1) is 11.8 Å². The zero-order valence-corrected chi connectivity index (χ0v) is 12.4. The zero-order valence-electron chi connectivity index (χ0n) is 12.4. The van der Waals surface area contributed by atoms with Crippen molar-refractivity contribution in [3.8, 4) is 0 Å². The predicted molar refractivity (Wildman–Crippen MR) is 75.6 cm³/mol. The number of esters is 1. The smallest absolute Gasteiger partial charge is 0.358 e. The van der Waals surface area contributed by atoms with Crippen LogP contribution in [-0.4, -0.2) is 29.0 Å². The third kappa shape index (κ3) is 3.40. The first-order valence-corrected chi connectivity index (χ1v) is 6.93. The second kappa shape index (κ2) is 5.69. The lowest BCUT2D eigenvalue weighted by Gasteiger charge is -2.22. The summed E-state index contributed by atoms with van der Waals surface area (Å²) in [6, 6.07) is 1.86. The topological polar surface area (TPSA) is 53.4 Å². The Hall–Kier alpha value is -1.78. The van der Waals surface area contributed by atoms with Crippen LogP contribution in [0, 0.1) is 0 Å². The van der Waals surface area contributed by atoms with E-state index in [1.807, 2.05) is 10.7 Å². The van der Waals surface area contributed by atoms with Crippen LogP contribution in [0.2, 0.25) is 0 Å². The van der Waals surface area contributed by atoms with Crippen LogP contribution in [0.1, 0.15) is 55.7 Å². The number of rotatable bonds is 6. The quantitative estimate of drug-likeness (QED) is 0.456. The molecule has 110 valence electrons. The molecule has 0 aliphatic heterocycles. The molecule has 0 atom stereocenters. The average Bonchev–Trinajstić information content (AvgIpc) is 3.11. The molecule has 1 aromatic heterocycles. The van der Waals surface area contributed by atoms with Gasteiger partial charge in [0.25, 0.3) is 0 Å². The lowest BCUT2D eigenvalue weighted by molar-refractivity contribution is 0.0412. The third-order valence-electron chi connectivity index (χ3n) is 3.13. The van der Waals surface area contributed by atoms with Crippen molar-refractivity contribution in [2.45, 2.75) is 45.1 Å². The average molecular weight is 278 g/mol. The fourth-order valence-corrected chi connectivity index (χ4v) is 2.04. The molecule has 1 aliphatic rings. The second-order valence-electron chi connectivity index (χ2n) is 5.98. The second-order valence-corrected chi connectivity index (χ2v) is 5.98. The number of carbonyl (C=O) groups excluding carboxylic acids is 1. The maximum Gasteiger partial charge on any atom is 0.358 e. The van der Waals surface area contributed by atoms with E-state index in [1.165, 1.54) is 19.1 Å². The molecule has 5 heteroatoms. The number of carbonyl (C=O) groups is 1. The van der Waals surface area contributed by atoms with Crippen molar-refractivity contribution in [1.82, 2.24) is 9.78 Å². The van der Waals surface area contributed by atoms with Crippen LogP contribution in [0.5, 0.6) is 0 Å². The molecule has 0 unspecified atom stereocenters. The molecule has 1 heterocycles. The number of aromatic nitrogens is 2. The van der Waals surface area contributed by atoms with E-state index >= 15 is 0 Å². The number of ether oxygens (including phenoxy) is 2. The van der Waals surface area contributed by atoms with Gasteiger partial charge in [-0.2, -0.15) is 5.10 Å². The summed E-state index contributed by atoms with van der Waals surface area (Å²) in [6.07, 6.45) is 3.67. The lowest BCUT2D eigenvalue weighted by Crippen LogP contribution is -2.25. The van der Waals surface area contributed by atoms with Gasteiger partial charge in [-0.3, -0.25) is 4.68 Å². The van der Waals surface area contributed by atoms with Crippen molar-refractivity contribution in [3.05, 3.63) is 30.3 Å². The highest BCUT2D eigenvalue weighted by atomic mass is 16.6. The molecule has 0 amide bonds. The number of hydrogen-bond acceptors (Lipinski definition) is 4. The summed E-state index contributed by atoms with van der Waals surface area (Å²) < 4.78 is 12.0. The fraction of sp³-hybridized carbons (Fsp3) is 0.600. The van der Waals surface area contributed by atoms with E-state index in [4.69, 9.17) is 9.47 Å². The number of nitrogens with zero attached hydrogens (tertiary/aromatic N) is 2. The molecule has 1 saturated carbocycles. The summed E-state index contributed by atoms with van der Waals surface area (Å²) in [5.74, 6) is 0.134. The maximum atomic E-state index is 12.0. The van der Waals surface area contributed by atoms with Gasteiger partial charge in [0.2, 0.25) is 0 Å². The minimum Gasteiger partial charge on any atom is -0.498 e. The summed E-state index contributed by atoms with van der Waals surface area (Å²) in [5.41, 5.74) is 1.37. The van der Waals surface area contributed by atoms with Gasteiger partial charge in [-0.25, -0.2) is 4.79 Å². The molecule has 5 nitrogen and oxygen atoms in total. The first-order valence-electron chi connectivity index (χ1n) is 6.93. The van der Waals surface area contributed by atoms with Crippen molar-refractivity contribution in [2.24, 2.45) is 0 Å². The van der Waals surface area contributed by atoms with Crippen molar-refractivity contribution in [3.63, 3.8) is 0 Å². The first-order chi connectivity index (χ1) is 9.43. The van der Waals surface area contributed by atoms with Crippen LogP contribution in [0.4, 0.5) is 0 Å². The summed E-state index contributed by atoms with van der Waals surface area (Å²) in [6.45, 7) is 10.2. The van der Waals surface area contributed by atoms with Crippen LogP contribution >= 0.6 is 0 Å². The first kappa shape index (κ1) is 14.6. The third-order valence-corrected chi connectivity index (χ3v) is 3.13. The van der Waals surface area contributed by atoms with Crippen LogP contribution in [0.15, 0.2) is 18.9 Å². The Morgan fingerprint density at radius 1 is 1.50 bits per heavy atom. The van der Waals surface area contributed by atoms with Gasteiger partial charge in [-0.15, -0.1) is 0 Å². The van der Waals surface area contributed by atoms with Gasteiger partial charge < -0.3 is 9.47 Å². The molecule has 0 aromatic carbocycles. The summed E-state index contributed by atoms with van der Waals surface area (Å²) in [4.78, 5) is 12.0. The minimum atomic E-state index is -0.400. The highest BCUT2D eigenvalue weighted by Crippen LogP contribution is 2.41. The largest absolute Gasteiger partial charge is 0.498 e. The fourth-order valence-electron chi connectivity index (χ4n) is 2.04. The Bertz CT molecular complexity index is 496. The highest BCUT2D eigenvalue weighted by molar-refractivity contribution is 5.87. The van der Waals surface area contributed by atoms with Gasteiger partial charge in [-0.05, 0) is 39.7 Å². The normalized spacial score (nSPS) is 14.9. The van der Waals surface area contributed by atoms with Crippen molar-refractivity contribution >= 4 is 5.97 Å². The monoisotopic (exact) mass is 278 g/mol. The minimum absolute atomic E-state index is 0.137. The van der Waals surface area contributed by atoms with E-state index in [9.17, 15) is 4.79 Å². The van der Waals surface area contributed by atoms with Crippen LogP contribution < -0.4 is 0 Å². The summed E-state index contributed by atoms with van der Waals surface area (Å²) in [5, 5.41) is 4.42. The molecule has 0 N–H and O–H groups in total. The van der Waals surface area contributed by atoms with E-state index in [0.29, 0.717) is 18.2 Å². The molecular weight excluding hydrogens is 256 g/mol. The van der Waals surface area contributed by atoms with Crippen LogP contribution in [-0.2, 0) is 15.0 Å². The molecule has 0 bridgehead atoms. The molecule has 1 aliphatic carbocycles. The van der Waals surface area contributed by atoms with E-state index in [-0.39, 0.29) is 12.1 Å². The van der Waals surface area contributed by atoms with Gasteiger partial charge >= 0.3 is 5.97 Å². The van der Waals surface area contributed by atoms with Crippen molar-refractivity contribution < 1.29 is 14.3 Å². The molecule has 0 spiro atoms. The van der Waals surface area contributed by atoms with E-state index in [2.05, 4.69) is 32.4 Å². The zero-order chi connectivity index (χ0) is 14.8. The SMILES string of the molecule is C=COCCOC(=O)c1cc(C2CC2)n(C(C)(C)C)n1.